The van der Waals surface area contributed by atoms with Crippen LogP contribution in [0.2, 0.25) is 0 Å². The summed E-state index contributed by atoms with van der Waals surface area (Å²) in [7, 11) is 0. The van der Waals surface area contributed by atoms with E-state index in [1.165, 1.54) is 19.6 Å². The highest BCUT2D eigenvalue weighted by atomic mass is 16.3. The van der Waals surface area contributed by atoms with E-state index in [0.29, 0.717) is 13.1 Å². The number of nitrogens with zero attached hydrogens (tertiary/aromatic N) is 4. The van der Waals surface area contributed by atoms with E-state index in [2.05, 4.69) is 0 Å². The molecule has 2 rings (SSSR count). The van der Waals surface area contributed by atoms with Crippen molar-refractivity contribution in [1.29, 1.82) is 0 Å². The zero-order valence-corrected chi connectivity index (χ0v) is 10.5. The topological polar surface area (TPSA) is 87.6 Å². The third-order valence-electron chi connectivity index (χ3n) is 3.51. The summed E-state index contributed by atoms with van der Waals surface area (Å²) < 4.78 is 0. The Labute approximate surface area is 105 Å². The SMILES string of the molecule is CCN1C(=O)N(CO)[C@H]2[C@@H]1N(CO)C(=O)N2CC. The minimum Gasteiger partial charge on any atom is -0.376 e. The number of aliphatic hydroxyl groups excluding tert-OH is 2. The lowest BCUT2D eigenvalue weighted by Gasteiger charge is -2.27. The number of urea groups is 2. The predicted molar refractivity (Wildman–Crippen MR) is 61.0 cm³/mol. The van der Waals surface area contributed by atoms with Gasteiger partial charge in [0, 0.05) is 13.1 Å². The first-order valence-electron chi connectivity index (χ1n) is 5.98. The molecular weight excluding hydrogens is 240 g/mol. The Hall–Kier alpha value is -1.54. The summed E-state index contributed by atoms with van der Waals surface area (Å²) in [4.78, 5) is 29.5. The van der Waals surface area contributed by atoms with E-state index < -0.39 is 25.8 Å². The molecule has 0 aromatic carbocycles. The van der Waals surface area contributed by atoms with Crippen molar-refractivity contribution in [3.63, 3.8) is 0 Å². The van der Waals surface area contributed by atoms with Crippen LogP contribution >= 0.6 is 0 Å². The van der Waals surface area contributed by atoms with Gasteiger partial charge in [0.15, 0.2) is 12.3 Å². The lowest BCUT2D eigenvalue weighted by atomic mass is 10.3. The molecule has 2 saturated heterocycles. The first-order valence-corrected chi connectivity index (χ1v) is 5.98. The molecule has 0 bridgehead atoms. The number of hydrogen-bond acceptors (Lipinski definition) is 4. The standard InChI is InChI=1S/C10H18N4O4/c1-3-11-7-8(14(6-16)9(11)17)12(4-2)10(18)13(7)5-15/h7-8,15-16H,3-6H2,1-2H3/t7-,8-/m0/s1. The van der Waals surface area contributed by atoms with E-state index in [4.69, 9.17) is 0 Å². The number of fused-ring (bicyclic) bond motifs is 1. The molecule has 8 nitrogen and oxygen atoms in total. The number of likely N-dealkylation sites (N-methyl/N-ethyl adjacent to an activating group) is 2. The van der Waals surface area contributed by atoms with Crippen molar-refractivity contribution in [3.05, 3.63) is 0 Å². The molecule has 0 radical (unpaired) electrons. The summed E-state index contributed by atoms with van der Waals surface area (Å²) in [6, 6.07) is -0.640. The molecular formula is C10H18N4O4. The fourth-order valence-electron chi connectivity index (χ4n) is 2.70. The second-order valence-corrected chi connectivity index (χ2v) is 4.19. The van der Waals surface area contributed by atoms with E-state index in [0.717, 1.165) is 0 Å². The summed E-state index contributed by atoms with van der Waals surface area (Å²) in [5, 5.41) is 18.6. The number of hydrogen-bond donors (Lipinski definition) is 2. The number of amides is 4. The Balaban J connectivity index is 2.41. The normalized spacial score (nSPS) is 27.6. The minimum absolute atomic E-state index is 0.320. The summed E-state index contributed by atoms with van der Waals surface area (Å²) in [5.74, 6) is 0. The van der Waals surface area contributed by atoms with Gasteiger partial charge in [-0.05, 0) is 13.8 Å². The number of carbonyl (C=O) groups is 2. The molecule has 0 aromatic rings. The largest absolute Gasteiger partial charge is 0.376 e. The van der Waals surface area contributed by atoms with E-state index in [1.807, 2.05) is 0 Å². The van der Waals surface area contributed by atoms with Crippen LogP contribution in [0.5, 0.6) is 0 Å². The third-order valence-corrected chi connectivity index (χ3v) is 3.51. The quantitative estimate of drug-likeness (QED) is 0.681. The predicted octanol–water partition coefficient (Wildman–Crippen LogP) is -0.947. The lowest BCUT2D eigenvalue weighted by Crippen LogP contribution is -2.46. The Morgan fingerprint density at radius 1 is 0.833 bits per heavy atom. The maximum atomic E-state index is 12.1. The second kappa shape index (κ2) is 4.62. The molecule has 0 unspecified atom stereocenters. The van der Waals surface area contributed by atoms with Gasteiger partial charge in [0.25, 0.3) is 0 Å². The van der Waals surface area contributed by atoms with Gasteiger partial charge in [-0.1, -0.05) is 0 Å². The van der Waals surface area contributed by atoms with Crippen molar-refractivity contribution in [2.24, 2.45) is 0 Å². The van der Waals surface area contributed by atoms with Gasteiger partial charge in [0.05, 0.1) is 0 Å². The van der Waals surface area contributed by atoms with Crippen LogP contribution in [0.3, 0.4) is 0 Å². The van der Waals surface area contributed by atoms with Gasteiger partial charge in [0.2, 0.25) is 0 Å². The molecule has 4 amide bonds. The molecule has 2 heterocycles. The van der Waals surface area contributed by atoms with Gasteiger partial charge >= 0.3 is 12.1 Å². The Morgan fingerprint density at radius 3 is 1.39 bits per heavy atom. The molecule has 8 heteroatoms. The highest BCUT2D eigenvalue weighted by Crippen LogP contribution is 2.33. The van der Waals surface area contributed by atoms with Gasteiger partial charge in [-0.3, -0.25) is 9.80 Å². The van der Waals surface area contributed by atoms with E-state index in [-0.39, 0.29) is 12.1 Å². The van der Waals surface area contributed by atoms with Crippen LogP contribution in [-0.2, 0) is 0 Å². The molecule has 0 saturated carbocycles. The van der Waals surface area contributed by atoms with Crippen molar-refractivity contribution in [2.75, 3.05) is 26.6 Å². The molecule has 0 aromatic heterocycles. The van der Waals surface area contributed by atoms with Crippen LogP contribution in [-0.4, -0.2) is 80.8 Å². The van der Waals surface area contributed by atoms with Crippen LogP contribution in [0.1, 0.15) is 13.8 Å². The minimum atomic E-state index is -0.535. The smallest absolute Gasteiger partial charge is 0.325 e. The van der Waals surface area contributed by atoms with Gasteiger partial charge in [-0.2, -0.15) is 0 Å². The molecule has 2 aliphatic rings. The maximum absolute atomic E-state index is 12.1. The van der Waals surface area contributed by atoms with Crippen molar-refractivity contribution in [1.82, 2.24) is 19.6 Å². The average molecular weight is 258 g/mol. The fourth-order valence-corrected chi connectivity index (χ4v) is 2.70. The lowest BCUT2D eigenvalue weighted by molar-refractivity contribution is 0.0502. The van der Waals surface area contributed by atoms with Gasteiger partial charge < -0.3 is 20.0 Å². The molecule has 2 N–H and O–H groups in total. The first-order chi connectivity index (χ1) is 8.62. The second-order valence-electron chi connectivity index (χ2n) is 4.19. The molecule has 102 valence electrons. The van der Waals surface area contributed by atoms with Crippen molar-refractivity contribution >= 4 is 12.1 Å². The highest BCUT2D eigenvalue weighted by Gasteiger charge is 2.57. The van der Waals surface area contributed by atoms with Gasteiger partial charge in [0.1, 0.15) is 13.5 Å². The van der Waals surface area contributed by atoms with Crippen molar-refractivity contribution in [3.8, 4) is 0 Å². The number of rotatable bonds is 4. The Bertz CT molecular complexity index is 302. The van der Waals surface area contributed by atoms with Crippen LogP contribution in [0.4, 0.5) is 9.59 Å². The third kappa shape index (κ3) is 1.45. The van der Waals surface area contributed by atoms with E-state index in [9.17, 15) is 19.8 Å². The summed E-state index contributed by atoms with van der Waals surface area (Å²) in [6.07, 6.45) is -1.07. The molecule has 2 fully saturated rings. The monoisotopic (exact) mass is 258 g/mol. The number of aliphatic hydroxyl groups is 2. The molecule has 0 aliphatic carbocycles. The van der Waals surface area contributed by atoms with Gasteiger partial charge in [-0.15, -0.1) is 0 Å². The summed E-state index contributed by atoms with van der Waals surface area (Å²) >= 11 is 0. The highest BCUT2D eigenvalue weighted by molar-refractivity contribution is 5.85. The zero-order valence-electron chi connectivity index (χ0n) is 10.5. The zero-order chi connectivity index (χ0) is 13.4. The van der Waals surface area contributed by atoms with Crippen LogP contribution in [0.25, 0.3) is 0 Å². The molecule has 0 spiro atoms. The molecule has 2 aliphatic heterocycles. The average Bonchev–Trinajstić information content (AvgIpc) is 2.78. The summed E-state index contributed by atoms with van der Waals surface area (Å²) in [5.41, 5.74) is 0. The van der Waals surface area contributed by atoms with E-state index >= 15 is 0 Å². The first kappa shape index (κ1) is 12.9. The van der Waals surface area contributed by atoms with Crippen molar-refractivity contribution in [2.45, 2.75) is 26.2 Å². The molecule has 2 atom stereocenters. The fraction of sp³-hybridized carbons (Fsp3) is 0.800. The Kier molecular flexibility index (Phi) is 3.31. The van der Waals surface area contributed by atoms with Gasteiger partial charge in [-0.25, -0.2) is 9.59 Å². The molecule has 18 heavy (non-hydrogen) atoms. The van der Waals surface area contributed by atoms with Crippen molar-refractivity contribution < 1.29 is 19.8 Å². The van der Waals surface area contributed by atoms with Crippen LogP contribution in [0.15, 0.2) is 0 Å². The maximum Gasteiger partial charge on any atom is 0.325 e. The number of carbonyl (C=O) groups excluding carboxylic acids is 2. The van der Waals surface area contributed by atoms with Crippen LogP contribution in [0, 0.1) is 0 Å². The van der Waals surface area contributed by atoms with Crippen LogP contribution < -0.4 is 0 Å². The Morgan fingerprint density at radius 2 is 1.17 bits per heavy atom. The summed E-state index contributed by atoms with van der Waals surface area (Å²) in [6.45, 7) is 3.53. The van der Waals surface area contributed by atoms with E-state index in [1.54, 1.807) is 13.8 Å².